The van der Waals surface area contributed by atoms with Crippen molar-refractivity contribution in [3.63, 3.8) is 0 Å². The van der Waals surface area contributed by atoms with Crippen LogP contribution in [0.5, 0.6) is 0 Å². The van der Waals surface area contributed by atoms with E-state index in [0.717, 1.165) is 0 Å². The van der Waals surface area contributed by atoms with Crippen LogP contribution in [0.25, 0.3) is 0 Å². The summed E-state index contributed by atoms with van der Waals surface area (Å²) in [4.78, 5) is 0. The number of hydrogen-bond acceptors (Lipinski definition) is 1. The van der Waals surface area contributed by atoms with Gasteiger partial charge in [0.25, 0.3) is 0 Å². The molecule has 78 valence electrons. The Labute approximate surface area is 87.5 Å². The monoisotopic (exact) mass is 191 g/mol. The van der Waals surface area contributed by atoms with E-state index < -0.39 is 0 Å². The Morgan fingerprint density at radius 3 is 2.21 bits per heavy atom. The van der Waals surface area contributed by atoms with Gasteiger partial charge in [-0.2, -0.15) is 0 Å². The van der Waals surface area contributed by atoms with Crippen molar-refractivity contribution in [1.29, 1.82) is 0 Å². The maximum Gasteiger partial charge on any atom is 0.0343 e. The normalized spacial score (nSPS) is 13.3. The van der Waals surface area contributed by atoms with Crippen molar-refractivity contribution in [1.82, 2.24) is 5.32 Å². The van der Waals surface area contributed by atoms with Crippen molar-refractivity contribution in [3.05, 3.63) is 34.9 Å². The van der Waals surface area contributed by atoms with E-state index in [1.54, 1.807) is 0 Å². The second-order valence-electron chi connectivity index (χ2n) is 4.37. The molecule has 0 fully saturated rings. The van der Waals surface area contributed by atoms with Crippen LogP contribution in [0.3, 0.4) is 0 Å². The van der Waals surface area contributed by atoms with E-state index in [-0.39, 0.29) is 0 Å². The number of hydrogen-bond donors (Lipinski definition) is 1. The second-order valence-corrected chi connectivity index (χ2v) is 4.37. The van der Waals surface area contributed by atoms with Gasteiger partial charge >= 0.3 is 0 Å². The first-order valence-corrected chi connectivity index (χ1v) is 5.30. The molecule has 0 aliphatic rings. The number of rotatable bonds is 3. The molecule has 1 rings (SSSR count). The molecule has 1 heteroatoms. The highest BCUT2D eigenvalue weighted by molar-refractivity contribution is 5.33. The predicted octanol–water partition coefficient (Wildman–Crippen LogP) is 3.22. The number of benzene rings is 1. The summed E-state index contributed by atoms with van der Waals surface area (Å²) in [6.07, 6.45) is 0. The van der Waals surface area contributed by atoms with Gasteiger partial charge in [-0.05, 0) is 37.9 Å². The van der Waals surface area contributed by atoms with Gasteiger partial charge in [-0.25, -0.2) is 0 Å². The smallest absolute Gasteiger partial charge is 0.0343 e. The molecule has 0 amide bonds. The summed E-state index contributed by atoms with van der Waals surface area (Å²) < 4.78 is 0. The standard InChI is InChI=1S/C13H21N/c1-9(2)13(14-5)12-7-6-10(3)8-11(12)4/h6-9,13-14H,1-5H3. The topological polar surface area (TPSA) is 12.0 Å². The van der Waals surface area contributed by atoms with Crippen LogP contribution in [0, 0.1) is 19.8 Å². The molecule has 0 aliphatic carbocycles. The Morgan fingerprint density at radius 1 is 1.14 bits per heavy atom. The zero-order valence-corrected chi connectivity index (χ0v) is 9.89. The fourth-order valence-electron chi connectivity index (χ4n) is 2.02. The van der Waals surface area contributed by atoms with E-state index in [4.69, 9.17) is 0 Å². The average molecular weight is 191 g/mol. The van der Waals surface area contributed by atoms with Crippen LogP contribution in [0.1, 0.15) is 36.6 Å². The van der Waals surface area contributed by atoms with Crippen molar-refractivity contribution < 1.29 is 0 Å². The SMILES string of the molecule is CNC(c1ccc(C)cc1C)C(C)C. The minimum Gasteiger partial charge on any atom is -0.313 e. The van der Waals surface area contributed by atoms with Crippen LogP contribution in [0.2, 0.25) is 0 Å². The molecule has 0 spiro atoms. The molecule has 14 heavy (non-hydrogen) atoms. The molecular formula is C13H21N. The summed E-state index contributed by atoms with van der Waals surface area (Å²) in [6.45, 7) is 8.83. The zero-order valence-electron chi connectivity index (χ0n) is 9.89. The quantitative estimate of drug-likeness (QED) is 0.773. The lowest BCUT2D eigenvalue weighted by Gasteiger charge is -2.22. The molecule has 0 bridgehead atoms. The van der Waals surface area contributed by atoms with E-state index >= 15 is 0 Å². The van der Waals surface area contributed by atoms with Crippen molar-refractivity contribution in [2.24, 2.45) is 5.92 Å². The van der Waals surface area contributed by atoms with Crippen molar-refractivity contribution in [2.75, 3.05) is 7.05 Å². The maximum absolute atomic E-state index is 3.38. The second kappa shape index (κ2) is 4.61. The maximum atomic E-state index is 3.38. The summed E-state index contributed by atoms with van der Waals surface area (Å²) in [5, 5.41) is 3.38. The van der Waals surface area contributed by atoms with E-state index in [1.165, 1.54) is 16.7 Å². The Morgan fingerprint density at radius 2 is 1.79 bits per heavy atom. The van der Waals surface area contributed by atoms with Gasteiger partial charge in [0.05, 0.1) is 0 Å². The van der Waals surface area contributed by atoms with E-state index in [9.17, 15) is 0 Å². The van der Waals surface area contributed by atoms with Gasteiger partial charge in [-0.3, -0.25) is 0 Å². The van der Waals surface area contributed by atoms with Crippen molar-refractivity contribution >= 4 is 0 Å². The lowest BCUT2D eigenvalue weighted by Crippen LogP contribution is -2.22. The van der Waals surface area contributed by atoms with Gasteiger partial charge in [-0.1, -0.05) is 37.6 Å². The van der Waals surface area contributed by atoms with Crippen LogP contribution in [0.15, 0.2) is 18.2 Å². The van der Waals surface area contributed by atoms with Gasteiger partial charge in [0.2, 0.25) is 0 Å². The summed E-state index contributed by atoms with van der Waals surface area (Å²) in [6, 6.07) is 7.15. The third kappa shape index (κ3) is 2.36. The van der Waals surface area contributed by atoms with Crippen LogP contribution >= 0.6 is 0 Å². The molecule has 0 radical (unpaired) electrons. The molecular weight excluding hydrogens is 170 g/mol. The molecule has 0 saturated heterocycles. The van der Waals surface area contributed by atoms with Crippen LogP contribution in [-0.2, 0) is 0 Å². The summed E-state index contributed by atoms with van der Waals surface area (Å²) >= 11 is 0. The molecule has 1 nitrogen and oxygen atoms in total. The molecule has 0 aromatic heterocycles. The highest BCUT2D eigenvalue weighted by atomic mass is 14.9. The third-order valence-corrected chi connectivity index (χ3v) is 2.74. The van der Waals surface area contributed by atoms with Gasteiger partial charge < -0.3 is 5.32 Å². The third-order valence-electron chi connectivity index (χ3n) is 2.74. The molecule has 0 heterocycles. The average Bonchev–Trinajstić information content (AvgIpc) is 2.09. The largest absolute Gasteiger partial charge is 0.313 e. The lowest BCUT2D eigenvalue weighted by molar-refractivity contribution is 0.441. The molecule has 1 atom stereocenters. The zero-order chi connectivity index (χ0) is 10.7. The predicted molar refractivity (Wildman–Crippen MR) is 62.6 cm³/mol. The Bertz CT molecular complexity index is 302. The van der Waals surface area contributed by atoms with Crippen LogP contribution in [0.4, 0.5) is 0 Å². The Kier molecular flexibility index (Phi) is 3.70. The first-order chi connectivity index (χ1) is 6.56. The van der Waals surface area contributed by atoms with Gasteiger partial charge in [0.1, 0.15) is 0 Å². The van der Waals surface area contributed by atoms with Crippen molar-refractivity contribution in [2.45, 2.75) is 33.7 Å². The molecule has 0 aliphatic heterocycles. The fourth-order valence-corrected chi connectivity index (χ4v) is 2.02. The minimum absolute atomic E-state index is 0.468. The van der Waals surface area contributed by atoms with Crippen LogP contribution in [-0.4, -0.2) is 7.05 Å². The van der Waals surface area contributed by atoms with E-state index in [1.807, 2.05) is 7.05 Å². The van der Waals surface area contributed by atoms with E-state index in [0.29, 0.717) is 12.0 Å². The summed E-state index contributed by atoms with van der Waals surface area (Å²) in [7, 11) is 2.03. The summed E-state index contributed by atoms with van der Waals surface area (Å²) in [5.41, 5.74) is 4.15. The van der Waals surface area contributed by atoms with Crippen molar-refractivity contribution in [3.8, 4) is 0 Å². The molecule has 1 unspecified atom stereocenters. The van der Waals surface area contributed by atoms with Crippen LogP contribution < -0.4 is 5.32 Å². The van der Waals surface area contributed by atoms with E-state index in [2.05, 4.69) is 51.2 Å². The molecule has 0 saturated carbocycles. The summed E-state index contributed by atoms with van der Waals surface area (Å²) in [5.74, 6) is 0.626. The molecule has 1 N–H and O–H groups in total. The Hall–Kier alpha value is -0.820. The number of nitrogens with one attached hydrogen (secondary N) is 1. The minimum atomic E-state index is 0.468. The first-order valence-electron chi connectivity index (χ1n) is 5.30. The van der Waals surface area contributed by atoms with Gasteiger partial charge in [-0.15, -0.1) is 0 Å². The van der Waals surface area contributed by atoms with Gasteiger partial charge in [0.15, 0.2) is 0 Å². The first kappa shape index (κ1) is 11.3. The van der Waals surface area contributed by atoms with Gasteiger partial charge in [0, 0.05) is 6.04 Å². The highest BCUT2D eigenvalue weighted by Crippen LogP contribution is 2.24. The number of aryl methyl sites for hydroxylation is 2. The Balaban J connectivity index is 3.04. The highest BCUT2D eigenvalue weighted by Gasteiger charge is 2.14. The molecule has 1 aromatic carbocycles. The molecule has 1 aromatic rings. The fraction of sp³-hybridized carbons (Fsp3) is 0.538. The lowest BCUT2D eigenvalue weighted by atomic mass is 9.92.